The number of amides is 2. The van der Waals surface area contributed by atoms with Crippen LogP contribution in [-0.2, 0) is 9.59 Å². The smallest absolute Gasteiger partial charge is 0.282 e. The summed E-state index contributed by atoms with van der Waals surface area (Å²) in [5.74, 6) is -2.05. The van der Waals surface area contributed by atoms with Crippen LogP contribution in [0.3, 0.4) is 0 Å². The number of benzene rings is 3. The van der Waals surface area contributed by atoms with Crippen molar-refractivity contribution in [3.05, 3.63) is 83.6 Å². The molecule has 0 fully saturated rings. The van der Waals surface area contributed by atoms with Crippen molar-refractivity contribution < 1.29 is 32.6 Å². The normalized spacial score (nSPS) is 13.4. The van der Waals surface area contributed by atoms with Crippen LogP contribution in [0.25, 0.3) is 5.57 Å². The van der Waals surface area contributed by atoms with Crippen molar-refractivity contribution >= 4 is 28.8 Å². The van der Waals surface area contributed by atoms with Gasteiger partial charge in [0.1, 0.15) is 34.6 Å². The van der Waals surface area contributed by atoms with Crippen LogP contribution in [-0.4, -0.2) is 33.1 Å². The van der Waals surface area contributed by atoms with E-state index in [0.29, 0.717) is 39.5 Å². The molecule has 0 atom stereocenters. The van der Waals surface area contributed by atoms with E-state index in [1.54, 1.807) is 42.5 Å². The Hall–Kier alpha value is -4.40. The van der Waals surface area contributed by atoms with Crippen molar-refractivity contribution in [3.63, 3.8) is 0 Å². The van der Waals surface area contributed by atoms with E-state index in [0.717, 1.165) is 12.1 Å². The fourth-order valence-electron chi connectivity index (χ4n) is 3.60. The molecule has 1 aliphatic heterocycles. The van der Waals surface area contributed by atoms with E-state index < -0.39 is 23.4 Å². The molecule has 1 heterocycles. The zero-order chi connectivity index (χ0) is 24.4. The minimum absolute atomic E-state index is 0.00116. The number of nitrogens with zero attached hydrogens (tertiary/aromatic N) is 1. The van der Waals surface area contributed by atoms with E-state index in [-0.39, 0.29) is 17.0 Å². The molecule has 0 radical (unpaired) electrons. The number of halogens is 2. The van der Waals surface area contributed by atoms with Gasteiger partial charge in [-0.15, -0.1) is 0 Å². The van der Waals surface area contributed by atoms with Gasteiger partial charge in [-0.05, 0) is 42.0 Å². The molecule has 0 spiro atoms. The Morgan fingerprint density at radius 2 is 1.44 bits per heavy atom. The molecule has 0 saturated heterocycles. The van der Waals surface area contributed by atoms with E-state index >= 15 is 0 Å². The molecule has 3 aromatic carbocycles. The van der Waals surface area contributed by atoms with Crippen LogP contribution in [0.1, 0.15) is 5.56 Å². The van der Waals surface area contributed by atoms with Gasteiger partial charge in [0, 0.05) is 12.1 Å². The van der Waals surface area contributed by atoms with Crippen molar-refractivity contribution in [2.24, 2.45) is 0 Å². The second kappa shape index (κ2) is 9.22. The molecule has 0 aromatic heterocycles. The Kier molecular flexibility index (Phi) is 6.18. The number of ether oxygens (including phenoxy) is 3. The second-order valence-electron chi connectivity index (χ2n) is 7.21. The summed E-state index contributed by atoms with van der Waals surface area (Å²) in [4.78, 5) is 27.6. The molecule has 4 rings (SSSR count). The third-order valence-corrected chi connectivity index (χ3v) is 5.28. The van der Waals surface area contributed by atoms with Crippen LogP contribution in [0, 0.1) is 11.6 Å². The molecular weight excluding hydrogens is 446 g/mol. The van der Waals surface area contributed by atoms with Gasteiger partial charge >= 0.3 is 0 Å². The van der Waals surface area contributed by atoms with Gasteiger partial charge in [0.25, 0.3) is 11.8 Å². The van der Waals surface area contributed by atoms with Crippen LogP contribution in [0.4, 0.5) is 20.2 Å². The maximum Gasteiger partial charge on any atom is 0.282 e. The van der Waals surface area contributed by atoms with Gasteiger partial charge in [-0.3, -0.25) is 9.59 Å². The predicted molar refractivity (Wildman–Crippen MR) is 122 cm³/mol. The fraction of sp³-hybridized carbons (Fsp3) is 0.120. The molecule has 0 aliphatic carbocycles. The van der Waals surface area contributed by atoms with Crippen LogP contribution < -0.4 is 24.4 Å². The molecule has 3 aromatic rings. The summed E-state index contributed by atoms with van der Waals surface area (Å²) >= 11 is 0. The number of nitrogens with one attached hydrogen (secondary N) is 1. The first-order valence-electron chi connectivity index (χ1n) is 10.1. The SMILES string of the molecule is COc1ccc(C2=C(Nc3cc(OC)ccc3OC)C(=O)N(c3ccc(F)cc3F)C2=O)cc1. The van der Waals surface area contributed by atoms with Crippen LogP contribution in [0.15, 0.2) is 66.4 Å². The first kappa shape index (κ1) is 22.8. The topological polar surface area (TPSA) is 77.1 Å². The lowest BCUT2D eigenvalue weighted by atomic mass is 10.0. The molecule has 0 saturated carbocycles. The summed E-state index contributed by atoms with van der Waals surface area (Å²) in [7, 11) is 4.43. The molecule has 1 aliphatic rings. The molecule has 9 heteroatoms. The minimum Gasteiger partial charge on any atom is -0.497 e. The fourth-order valence-corrected chi connectivity index (χ4v) is 3.60. The number of rotatable bonds is 7. The highest BCUT2D eigenvalue weighted by molar-refractivity contribution is 6.46. The van der Waals surface area contributed by atoms with E-state index in [1.165, 1.54) is 21.3 Å². The van der Waals surface area contributed by atoms with Crippen LogP contribution in [0.5, 0.6) is 17.2 Å². The van der Waals surface area contributed by atoms with Gasteiger partial charge < -0.3 is 19.5 Å². The second-order valence-corrected chi connectivity index (χ2v) is 7.21. The Labute approximate surface area is 194 Å². The van der Waals surface area contributed by atoms with E-state index in [4.69, 9.17) is 14.2 Å². The average molecular weight is 466 g/mol. The number of hydrogen-bond acceptors (Lipinski definition) is 6. The standard InChI is InChI=1S/C25H20F2N2O5/c1-32-16-7-4-14(5-8-16)22-23(28-19-13-17(33-2)9-11-21(19)34-3)25(31)29(24(22)30)20-10-6-15(26)12-18(20)27/h4-13,28H,1-3H3. The third-order valence-electron chi connectivity index (χ3n) is 5.28. The highest BCUT2D eigenvalue weighted by Crippen LogP contribution is 2.38. The summed E-state index contributed by atoms with van der Waals surface area (Å²) in [5.41, 5.74) is 0.280. The van der Waals surface area contributed by atoms with Gasteiger partial charge in [-0.2, -0.15) is 0 Å². The van der Waals surface area contributed by atoms with Gasteiger partial charge in [-0.25, -0.2) is 13.7 Å². The summed E-state index contributed by atoms with van der Waals surface area (Å²) < 4.78 is 43.8. The Morgan fingerprint density at radius 3 is 2.06 bits per heavy atom. The Balaban J connectivity index is 1.86. The molecule has 0 unspecified atom stereocenters. The maximum absolute atomic E-state index is 14.6. The molecule has 0 bridgehead atoms. The summed E-state index contributed by atoms with van der Waals surface area (Å²) in [5, 5.41) is 2.96. The lowest BCUT2D eigenvalue weighted by molar-refractivity contribution is -0.120. The highest BCUT2D eigenvalue weighted by atomic mass is 19.1. The monoisotopic (exact) mass is 466 g/mol. The van der Waals surface area contributed by atoms with Crippen LogP contribution in [0.2, 0.25) is 0 Å². The molecule has 7 nitrogen and oxygen atoms in total. The molecule has 1 N–H and O–H groups in total. The lowest BCUT2D eigenvalue weighted by Crippen LogP contribution is -2.33. The van der Waals surface area contributed by atoms with Gasteiger partial charge in [-0.1, -0.05) is 12.1 Å². The zero-order valence-electron chi connectivity index (χ0n) is 18.5. The lowest BCUT2D eigenvalue weighted by Gasteiger charge is -2.17. The number of carbonyl (C=O) groups excluding carboxylic acids is 2. The number of carbonyl (C=O) groups is 2. The van der Waals surface area contributed by atoms with E-state index in [2.05, 4.69) is 5.32 Å². The average Bonchev–Trinajstić information content (AvgIpc) is 3.08. The van der Waals surface area contributed by atoms with Gasteiger partial charge in [0.05, 0.1) is 38.3 Å². The maximum atomic E-state index is 14.6. The van der Waals surface area contributed by atoms with Crippen molar-refractivity contribution in [3.8, 4) is 17.2 Å². The minimum atomic E-state index is -1.05. The Morgan fingerprint density at radius 1 is 0.765 bits per heavy atom. The number of methoxy groups -OCH3 is 3. The largest absolute Gasteiger partial charge is 0.497 e. The summed E-state index contributed by atoms with van der Waals surface area (Å²) in [6, 6.07) is 14.0. The summed E-state index contributed by atoms with van der Waals surface area (Å²) in [6.45, 7) is 0. The third kappa shape index (κ3) is 4.03. The molecule has 174 valence electrons. The molecule has 34 heavy (non-hydrogen) atoms. The van der Waals surface area contributed by atoms with Crippen molar-refractivity contribution in [1.29, 1.82) is 0 Å². The summed E-state index contributed by atoms with van der Waals surface area (Å²) in [6.07, 6.45) is 0. The van der Waals surface area contributed by atoms with Gasteiger partial charge in [0.2, 0.25) is 0 Å². The quantitative estimate of drug-likeness (QED) is 0.521. The number of imide groups is 1. The van der Waals surface area contributed by atoms with Crippen molar-refractivity contribution in [2.45, 2.75) is 0 Å². The number of hydrogen-bond donors (Lipinski definition) is 1. The highest BCUT2D eigenvalue weighted by Gasteiger charge is 2.41. The molecular formula is C25H20F2N2O5. The zero-order valence-corrected chi connectivity index (χ0v) is 18.5. The van der Waals surface area contributed by atoms with Crippen molar-refractivity contribution in [1.82, 2.24) is 0 Å². The van der Waals surface area contributed by atoms with Gasteiger partial charge in [0.15, 0.2) is 0 Å². The predicted octanol–water partition coefficient (Wildman–Crippen LogP) is 4.39. The van der Waals surface area contributed by atoms with E-state index in [1.807, 2.05) is 0 Å². The molecule has 2 amide bonds. The number of anilines is 2. The Bertz CT molecular complexity index is 1310. The first-order valence-corrected chi connectivity index (χ1v) is 10.1. The van der Waals surface area contributed by atoms with Crippen LogP contribution >= 0.6 is 0 Å². The van der Waals surface area contributed by atoms with E-state index in [9.17, 15) is 18.4 Å². The first-order chi connectivity index (χ1) is 16.4. The van der Waals surface area contributed by atoms with Crippen molar-refractivity contribution in [2.75, 3.05) is 31.5 Å².